The number of carbonyl (C=O) groups is 2. The van der Waals surface area contributed by atoms with Crippen molar-refractivity contribution in [1.29, 1.82) is 0 Å². The predicted molar refractivity (Wildman–Crippen MR) is 72.6 cm³/mol. The lowest BCUT2D eigenvalue weighted by Gasteiger charge is -2.25. The van der Waals surface area contributed by atoms with E-state index in [1.165, 1.54) is 7.11 Å². The summed E-state index contributed by atoms with van der Waals surface area (Å²) in [7, 11) is 3.06. The largest absolute Gasteiger partial charge is 0.467 e. The Morgan fingerprint density at radius 1 is 1.37 bits per heavy atom. The molecule has 0 spiro atoms. The molecule has 0 fully saturated rings. The van der Waals surface area contributed by atoms with Crippen LogP contribution in [-0.2, 0) is 14.3 Å². The van der Waals surface area contributed by atoms with Crippen molar-refractivity contribution in [1.82, 2.24) is 10.2 Å². The maximum atomic E-state index is 11.9. The third-order valence-corrected chi connectivity index (χ3v) is 3.39. The maximum Gasteiger partial charge on any atom is 0.328 e. The number of esters is 1. The molecule has 0 heterocycles. The van der Waals surface area contributed by atoms with Crippen LogP contribution in [0.2, 0.25) is 0 Å². The molecule has 0 aliphatic rings. The Morgan fingerprint density at radius 3 is 2.37 bits per heavy atom. The molecule has 19 heavy (non-hydrogen) atoms. The summed E-state index contributed by atoms with van der Waals surface area (Å²) in [5.41, 5.74) is 0. The van der Waals surface area contributed by atoms with Crippen LogP contribution >= 0.6 is 0 Å². The number of aliphatic hydroxyl groups excluding tert-OH is 1. The van der Waals surface area contributed by atoms with Crippen LogP contribution in [0.5, 0.6) is 0 Å². The van der Waals surface area contributed by atoms with E-state index in [4.69, 9.17) is 9.84 Å². The van der Waals surface area contributed by atoms with Crippen molar-refractivity contribution in [3.8, 4) is 0 Å². The van der Waals surface area contributed by atoms with Crippen LogP contribution in [0, 0.1) is 5.92 Å². The molecule has 0 aromatic heterocycles. The van der Waals surface area contributed by atoms with Gasteiger partial charge in [0.25, 0.3) is 0 Å². The predicted octanol–water partition coefficient (Wildman–Crippen LogP) is 0.00290. The number of hydrogen-bond donors (Lipinski definition) is 2. The summed E-state index contributed by atoms with van der Waals surface area (Å²) in [5, 5.41) is 11.7. The SMILES string of the molecule is CCC(C)C(NC(=O)CN(C)C(C)CO)C(=O)OC. The van der Waals surface area contributed by atoms with Crippen molar-refractivity contribution in [2.45, 2.75) is 39.3 Å². The Morgan fingerprint density at radius 2 is 1.95 bits per heavy atom. The van der Waals surface area contributed by atoms with E-state index in [2.05, 4.69) is 5.32 Å². The average Bonchev–Trinajstić information content (AvgIpc) is 2.41. The standard InChI is InChI=1S/C13H26N2O4/c1-6-9(2)12(13(18)19-5)14-11(17)7-15(4)10(3)8-16/h9-10,12,16H,6-8H2,1-5H3,(H,14,17). The molecular formula is C13H26N2O4. The van der Waals surface area contributed by atoms with E-state index in [9.17, 15) is 9.59 Å². The summed E-state index contributed by atoms with van der Waals surface area (Å²) < 4.78 is 4.70. The molecule has 6 nitrogen and oxygen atoms in total. The number of aliphatic hydroxyl groups is 1. The lowest BCUT2D eigenvalue weighted by molar-refractivity contribution is -0.146. The second kappa shape index (κ2) is 8.87. The van der Waals surface area contributed by atoms with Crippen LogP contribution in [0.25, 0.3) is 0 Å². The molecule has 3 atom stereocenters. The zero-order valence-corrected chi connectivity index (χ0v) is 12.5. The van der Waals surface area contributed by atoms with E-state index in [1.54, 1.807) is 11.9 Å². The molecular weight excluding hydrogens is 248 g/mol. The third-order valence-electron chi connectivity index (χ3n) is 3.39. The van der Waals surface area contributed by atoms with Gasteiger partial charge in [-0.3, -0.25) is 9.69 Å². The quantitative estimate of drug-likeness (QED) is 0.609. The van der Waals surface area contributed by atoms with Gasteiger partial charge in [0.1, 0.15) is 6.04 Å². The molecule has 112 valence electrons. The van der Waals surface area contributed by atoms with Crippen LogP contribution in [0.3, 0.4) is 0 Å². The fraction of sp³-hybridized carbons (Fsp3) is 0.846. The van der Waals surface area contributed by atoms with Gasteiger partial charge in [-0.15, -0.1) is 0 Å². The van der Waals surface area contributed by atoms with Gasteiger partial charge in [0.05, 0.1) is 20.3 Å². The molecule has 0 rings (SSSR count). The Bertz CT molecular complexity index is 296. The summed E-state index contributed by atoms with van der Waals surface area (Å²) in [5.74, 6) is -0.670. The molecule has 0 aromatic rings. The van der Waals surface area contributed by atoms with Crippen LogP contribution in [0.4, 0.5) is 0 Å². The van der Waals surface area contributed by atoms with Gasteiger partial charge >= 0.3 is 5.97 Å². The first-order valence-electron chi connectivity index (χ1n) is 6.55. The first-order chi connectivity index (χ1) is 8.87. The van der Waals surface area contributed by atoms with E-state index >= 15 is 0 Å². The van der Waals surface area contributed by atoms with Gasteiger partial charge < -0.3 is 15.2 Å². The maximum absolute atomic E-state index is 11.9. The minimum absolute atomic E-state index is 0.0111. The minimum Gasteiger partial charge on any atom is -0.467 e. The van der Waals surface area contributed by atoms with E-state index in [1.807, 2.05) is 20.8 Å². The highest BCUT2D eigenvalue weighted by Gasteiger charge is 2.27. The summed E-state index contributed by atoms with van der Waals surface area (Å²) >= 11 is 0. The van der Waals surface area contributed by atoms with Gasteiger partial charge in [0.2, 0.25) is 5.91 Å². The van der Waals surface area contributed by atoms with E-state index < -0.39 is 12.0 Å². The minimum atomic E-state index is -0.625. The lowest BCUT2D eigenvalue weighted by Crippen LogP contribution is -2.49. The second-order valence-corrected chi connectivity index (χ2v) is 4.90. The average molecular weight is 274 g/mol. The fourth-order valence-corrected chi connectivity index (χ4v) is 1.54. The van der Waals surface area contributed by atoms with Gasteiger partial charge in [0.15, 0.2) is 0 Å². The van der Waals surface area contributed by atoms with E-state index in [-0.39, 0.29) is 31.0 Å². The van der Waals surface area contributed by atoms with Gasteiger partial charge in [-0.1, -0.05) is 20.3 Å². The van der Waals surface area contributed by atoms with Gasteiger partial charge in [0, 0.05) is 6.04 Å². The number of carbonyl (C=O) groups excluding carboxylic acids is 2. The first kappa shape index (κ1) is 17.9. The molecule has 0 radical (unpaired) electrons. The molecule has 1 amide bonds. The first-order valence-corrected chi connectivity index (χ1v) is 6.55. The molecule has 0 aliphatic carbocycles. The van der Waals surface area contributed by atoms with Crippen molar-refractivity contribution in [2.75, 3.05) is 27.3 Å². The number of likely N-dealkylation sites (N-methyl/N-ethyl adjacent to an activating group) is 1. The molecule has 0 saturated heterocycles. The topological polar surface area (TPSA) is 78.9 Å². The molecule has 2 N–H and O–H groups in total. The molecule has 0 aromatic carbocycles. The summed E-state index contributed by atoms with van der Waals surface area (Å²) in [6, 6.07) is -0.730. The number of ether oxygens (including phenoxy) is 1. The van der Waals surface area contributed by atoms with Crippen molar-refractivity contribution in [2.24, 2.45) is 5.92 Å². The second-order valence-electron chi connectivity index (χ2n) is 4.90. The highest BCUT2D eigenvalue weighted by molar-refractivity contribution is 5.85. The molecule has 3 unspecified atom stereocenters. The number of amides is 1. The molecule has 6 heteroatoms. The monoisotopic (exact) mass is 274 g/mol. The summed E-state index contributed by atoms with van der Waals surface area (Å²) in [6.45, 7) is 5.77. The highest BCUT2D eigenvalue weighted by Crippen LogP contribution is 2.09. The Hall–Kier alpha value is -1.14. The van der Waals surface area contributed by atoms with Gasteiger partial charge in [-0.25, -0.2) is 4.79 Å². The number of nitrogens with one attached hydrogen (secondary N) is 1. The van der Waals surface area contributed by atoms with Crippen LogP contribution < -0.4 is 5.32 Å². The Balaban J connectivity index is 4.51. The van der Waals surface area contributed by atoms with Crippen LogP contribution in [-0.4, -0.2) is 61.3 Å². The lowest BCUT2D eigenvalue weighted by atomic mass is 9.99. The molecule has 0 aliphatic heterocycles. The Kier molecular flexibility index (Phi) is 8.34. The van der Waals surface area contributed by atoms with Gasteiger partial charge in [-0.2, -0.15) is 0 Å². The van der Waals surface area contributed by atoms with Crippen LogP contribution in [0.1, 0.15) is 27.2 Å². The van der Waals surface area contributed by atoms with Crippen molar-refractivity contribution < 1.29 is 19.4 Å². The number of nitrogens with zero attached hydrogens (tertiary/aromatic N) is 1. The molecule has 0 bridgehead atoms. The molecule has 0 saturated carbocycles. The van der Waals surface area contributed by atoms with Crippen molar-refractivity contribution in [3.05, 3.63) is 0 Å². The van der Waals surface area contributed by atoms with E-state index in [0.29, 0.717) is 0 Å². The number of methoxy groups -OCH3 is 1. The van der Waals surface area contributed by atoms with E-state index in [0.717, 1.165) is 6.42 Å². The summed E-state index contributed by atoms with van der Waals surface area (Å²) in [4.78, 5) is 25.2. The zero-order chi connectivity index (χ0) is 15.0. The number of hydrogen-bond acceptors (Lipinski definition) is 5. The van der Waals surface area contributed by atoms with Gasteiger partial charge in [-0.05, 0) is 19.9 Å². The third kappa shape index (κ3) is 6.02. The summed E-state index contributed by atoms with van der Waals surface area (Å²) in [6.07, 6.45) is 0.767. The zero-order valence-electron chi connectivity index (χ0n) is 12.5. The highest BCUT2D eigenvalue weighted by atomic mass is 16.5. The smallest absolute Gasteiger partial charge is 0.328 e. The number of rotatable bonds is 8. The van der Waals surface area contributed by atoms with Crippen molar-refractivity contribution >= 4 is 11.9 Å². The fourth-order valence-electron chi connectivity index (χ4n) is 1.54. The van der Waals surface area contributed by atoms with Crippen LogP contribution in [0.15, 0.2) is 0 Å². The normalized spacial score (nSPS) is 15.7. The Labute approximate surface area is 115 Å². The van der Waals surface area contributed by atoms with Crippen molar-refractivity contribution in [3.63, 3.8) is 0 Å².